The van der Waals surface area contributed by atoms with Crippen LogP contribution in [0.3, 0.4) is 0 Å². The molecule has 11 heteroatoms. The summed E-state index contributed by atoms with van der Waals surface area (Å²) in [5.41, 5.74) is 1.65. The zero-order valence-electron chi connectivity index (χ0n) is 18.5. The fourth-order valence-corrected chi connectivity index (χ4v) is 5.59. The molecular formula is C24H21BrN4O4S2. The van der Waals surface area contributed by atoms with Gasteiger partial charge in [-0.3, -0.25) is 10.1 Å². The number of hydrogen-bond donors (Lipinski definition) is 2. The van der Waals surface area contributed by atoms with E-state index in [2.05, 4.69) is 36.2 Å². The predicted molar refractivity (Wildman–Crippen MR) is 139 cm³/mol. The van der Waals surface area contributed by atoms with Gasteiger partial charge in [-0.15, -0.1) is 10.2 Å². The van der Waals surface area contributed by atoms with Crippen molar-refractivity contribution in [3.8, 4) is 16.3 Å². The highest BCUT2D eigenvalue weighted by molar-refractivity contribution is 9.10. The fraction of sp³-hybridized carbons (Fsp3) is 0.125. The highest BCUT2D eigenvalue weighted by Gasteiger charge is 2.27. The first kappa shape index (κ1) is 25.0. The third kappa shape index (κ3) is 6.51. The van der Waals surface area contributed by atoms with E-state index in [-0.39, 0.29) is 16.4 Å². The topological polar surface area (TPSA) is 110 Å². The van der Waals surface area contributed by atoms with E-state index in [1.54, 1.807) is 12.1 Å². The zero-order valence-corrected chi connectivity index (χ0v) is 21.7. The van der Waals surface area contributed by atoms with Crippen molar-refractivity contribution in [3.63, 3.8) is 0 Å². The summed E-state index contributed by atoms with van der Waals surface area (Å²) in [6.07, 6.45) is 0.152. The van der Waals surface area contributed by atoms with E-state index in [1.807, 2.05) is 54.6 Å². The largest absolute Gasteiger partial charge is 0.497 e. The van der Waals surface area contributed by atoms with Crippen LogP contribution in [-0.4, -0.2) is 37.7 Å². The highest BCUT2D eigenvalue weighted by Crippen LogP contribution is 2.28. The van der Waals surface area contributed by atoms with Crippen molar-refractivity contribution in [2.75, 3.05) is 12.4 Å². The molecule has 1 heterocycles. The minimum atomic E-state index is -3.99. The van der Waals surface area contributed by atoms with Crippen LogP contribution in [0.25, 0.3) is 10.6 Å². The number of anilines is 1. The van der Waals surface area contributed by atoms with Crippen molar-refractivity contribution in [3.05, 3.63) is 88.9 Å². The maximum Gasteiger partial charge on any atom is 0.244 e. The summed E-state index contributed by atoms with van der Waals surface area (Å²) in [6, 6.07) is 21.6. The number of carbonyl (C=O) groups excluding carboxylic acids is 1. The van der Waals surface area contributed by atoms with Crippen LogP contribution in [-0.2, 0) is 21.2 Å². The van der Waals surface area contributed by atoms with Gasteiger partial charge in [-0.2, -0.15) is 4.72 Å². The van der Waals surface area contributed by atoms with Gasteiger partial charge in [-0.25, -0.2) is 8.42 Å². The quantitative estimate of drug-likeness (QED) is 0.305. The Morgan fingerprint density at radius 3 is 2.46 bits per heavy atom. The molecule has 0 bridgehead atoms. The van der Waals surface area contributed by atoms with E-state index in [1.165, 1.54) is 30.6 Å². The number of nitrogens with zero attached hydrogens (tertiary/aromatic N) is 2. The fourth-order valence-electron chi connectivity index (χ4n) is 3.25. The van der Waals surface area contributed by atoms with E-state index in [0.717, 1.165) is 15.6 Å². The summed E-state index contributed by atoms with van der Waals surface area (Å²) in [5, 5.41) is 11.8. The van der Waals surface area contributed by atoms with Crippen molar-refractivity contribution in [1.29, 1.82) is 0 Å². The molecule has 1 atom stereocenters. The normalized spacial score (nSPS) is 12.2. The maximum atomic E-state index is 13.2. The number of carbonyl (C=O) groups is 1. The molecule has 0 aliphatic heterocycles. The second-order valence-electron chi connectivity index (χ2n) is 7.45. The van der Waals surface area contributed by atoms with Crippen LogP contribution in [0.5, 0.6) is 5.75 Å². The van der Waals surface area contributed by atoms with Gasteiger partial charge in [0, 0.05) is 10.0 Å². The predicted octanol–water partition coefficient (Wildman–Crippen LogP) is 4.50. The van der Waals surface area contributed by atoms with Gasteiger partial charge in [0.1, 0.15) is 16.8 Å². The number of benzene rings is 3. The molecule has 0 spiro atoms. The van der Waals surface area contributed by atoms with Crippen molar-refractivity contribution in [1.82, 2.24) is 14.9 Å². The molecule has 8 nitrogen and oxygen atoms in total. The van der Waals surface area contributed by atoms with Gasteiger partial charge in [0.05, 0.1) is 12.0 Å². The molecule has 0 saturated heterocycles. The minimum Gasteiger partial charge on any atom is -0.497 e. The molecule has 0 aliphatic rings. The Kier molecular flexibility index (Phi) is 7.91. The summed E-state index contributed by atoms with van der Waals surface area (Å²) in [4.78, 5) is 13.2. The van der Waals surface area contributed by atoms with Crippen molar-refractivity contribution in [2.24, 2.45) is 0 Å². The van der Waals surface area contributed by atoms with Crippen LogP contribution in [0, 0.1) is 0 Å². The maximum absolute atomic E-state index is 13.2. The molecular weight excluding hydrogens is 552 g/mol. The number of methoxy groups -OCH3 is 1. The summed E-state index contributed by atoms with van der Waals surface area (Å²) in [7, 11) is -2.49. The first-order chi connectivity index (χ1) is 16.8. The summed E-state index contributed by atoms with van der Waals surface area (Å²) < 4.78 is 34.6. The van der Waals surface area contributed by atoms with Crippen molar-refractivity contribution >= 4 is 48.3 Å². The number of nitrogens with one attached hydrogen (secondary N) is 2. The smallest absolute Gasteiger partial charge is 0.244 e. The average molecular weight is 573 g/mol. The average Bonchev–Trinajstić information content (AvgIpc) is 3.33. The number of aromatic nitrogens is 2. The van der Waals surface area contributed by atoms with Gasteiger partial charge in [0.2, 0.25) is 21.1 Å². The molecule has 0 fully saturated rings. The number of rotatable bonds is 9. The molecule has 180 valence electrons. The summed E-state index contributed by atoms with van der Waals surface area (Å²) >= 11 is 4.63. The molecule has 35 heavy (non-hydrogen) atoms. The van der Waals surface area contributed by atoms with E-state index in [4.69, 9.17) is 4.74 Å². The highest BCUT2D eigenvalue weighted by atomic mass is 79.9. The first-order valence-electron chi connectivity index (χ1n) is 10.4. The van der Waals surface area contributed by atoms with Gasteiger partial charge in [0.25, 0.3) is 0 Å². The van der Waals surface area contributed by atoms with Crippen LogP contribution in [0.2, 0.25) is 0 Å². The van der Waals surface area contributed by atoms with Crippen LogP contribution >= 0.6 is 27.3 Å². The van der Waals surface area contributed by atoms with E-state index in [9.17, 15) is 13.2 Å². The second-order valence-corrected chi connectivity index (χ2v) is 11.1. The number of halogens is 1. The molecule has 4 aromatic rings. The molecule has 2 N–H and O–H groups in total. The SMILES string of the molecule is COc1ccc(S(=O)(=O)NC(Cc2ccccc2)C(=O)Nc2nnc(-c3cccc(Br)c3)s2)cc1. The molecule has 3 aromatic carbocycles. The van der Waals surface area contributed by atoms with Gasteiger partial charge in [0.15, 0.2) is 0 Å². The molecule has 1 aromatic heterocycles. The number of amides is 1. The Bertz CT molecular complexity index is 1410. The third-order valence-electron chi connectivity index (χ3n) is 4.99. The molecule has 4 rings (SSSR count). The lowest BCUT2D eigenvalue weighted by molar-refractivity contribution is -0.117. The van der Waals surface area contributed by atoms with Crippen LogP contribution < -0.4 is 14.8 Å². The van der Waals surface area contributed by atoms with Crippen LogP contribution in [0.1, 0.15) is 5.56 Å². The molecule has 0 aliphatic carbocycles. The lowest BCUT2D eigenvalue weighted by atomic mass is 10.1. The summed E-state index contributed by atoms with van der Waals surface area (Å²) in [6.45, 7) is 0. The Morgan fingerprint density at radius 2 is 1.77 bits per heavy atom. The van der Waals surface area contributed by atoms with E-state index >= 15 is 0 Å². The minimum absolute atomic E-state index is 0.0250. The third-order valence-corrected chi connectivity index (χ3v) is 7.86. The van der Waals surface area contributed by atoms with E-state index < -0.39 is 22.0 Å². The Morgan fingerprint density at radius 1 is 1.03 bits per heavy atom. The van der Waals surface area contributed by atoms with Crippen LogP contribution in [0.15, 0.2) is 88.2 Å². The summed E-state index contributed by atoms with van der Waals surface area (Å²) in [5.74, 6) is -0.0112. The molecule has 0 saturated carbocycles. The second kappa shape index (κ2) is 11.1. The lowest BCUT2D eigenvalue weighted by Gasteiger charge is -2.18. The van der Waals surface area contributed by atoms with Crippen molar-refractivity contribution < 1.29 is 17.9 Å². The monoisotopic (exact) mass is 572 g/mol. The van der Waals surface area contributed by atoms with Crippen molar-refractivity contribution in [2.45, 2.75) is 17.4 Å². The molecule has 0 radical (unpaired) electrons. The van der Waals surface area contributed by atoms with E-state index in [0.29, 0.717) is 10.8 Å². The van der Waals surface area contributed by atoms with Gasteiger partial charge in [-0.05, 0) is 48.4 Å². The number of sulfonamides is 1. The molecule has 1 unspecified atom stereocenters. The number of hydrogen-bond acceptors (Lipinski definition) is 7. The van der Waals surface area contributed by atoms with Gasteiger partial charge >= 0.3 is 0 Å². The first-order valence-corrected chi connectivity index (χ1v) is 13.5. The Labute approximate surface area is 215 Å². The Hall–Kier alpha value is -3.12. The standard InChI is InChI=1S/C24H21BrN4O4S2/c1-33-19-10-12-20(13-11-19)35(31,32)29-21(14-16-6-3-2-4-7-16)22(30)26-24-28-27-23(34-24)17-8-5-9-18(25)15-17/h2-13,15,21,29H,14H2,1H3,(H,26,28,30). The zero-order chi connectivity index (χ0) is 24.8. The van der Waals surface area contributed by atoms with Gasteiger partial charge < -0.3 is 4.74 Å². The number of ether oxygens (including phenoxy) is 1. The van der Waals surface area contributed by atoms with Crippen LogP contribution in [0.4, 0.5) is 5.13 Å². The lowest BCUT2D eigenvalue weighted by Crippen LogP contribution is -2.45. The van der Waals surface area contributed by atoms with Gasteiger partial charge in [-0.1, -0.05) is 69.7 Å². The molecule has 1 amide bonds. The Balaban J connectivity index is 1.55.